The van der Waals surface area contributed by atoms with Crippen molar-refractivity contribution in [3.8, 4) is 0 Å². The van der Waals surface area contributed by atoms with E-state index >= 15 is 0 Å². The minimum atomic E-state index is -0.305. The zero-order valence-electron chi connectivity index (χ0n) is 9.49. The Kier molecular flexibility index (Phi) is 4.16. The Balaban J connectivity index is 2.63. The van der Waals surface area contributed by atoms with Crippen LogP contribution in [-0.2, 0) is 4.74 Å². The molecule has 0 saturated carbocycles. The van der Waals surface area contributed by atoms with Crippen LogP contribution >= 0.6 is 0 Å². The summed E-state index contributed by atoms with van der Waals surface area (Å²) < 4.78 is 5.02. The first-order chi connectivity index (χ1) is 7.15. The standard InChI is InChI=1S/C12H17NO2/c1-4-9-15-12(14)13(3)11-7-5-10(2)6-8-11/h5-8H,4,9H2,1-3H3. The van der Waals surface area contributed by atoms with E-state index in [4.69, 9.17) is 4.74 Å². The average Bonchev–Trinajstić information content (AvgIpc) is 2.26. The van der Waals surface area contributed by atoms with Gasteiger partial charge in [0.2, 0.25) is 0 Å². The minimum absolute atomic E-state index is 0.305. The van der Waals surface area contributed by atoms with E-state index in [9.17, 15) is 4.79 Å². The highest BCUT2D eigenvalue weighted by Crippen LogP contribution is 2.14. The van der Waals surface area contributed by atoms with Crippen molar-refractivity contribution in [3.63, 3.8) is 0 Å². The van der Waals surface area contributed by atoms with Gasteiger partial charge in [0.25, 0.3) is 0 Å². The molecule has 0 aliphatic heterocycles. The fourth-order valence-corrected chi connectivity index (χ4v) is 1.16. The molecule has 0 radical (unpaired) electrons. The summed E-state index contributed by atoms with van der Waals surface area (Å²) in [6, 6.07) is 7.75. The second-order valence-corrected chi connectivity index (χ2v) is 3.51. The van der Waals surface area contributed by atoms with Crippen LogP contribution in [0.2, 0.25) is 0 Å². The van der Waals surface area contributed by atoms with Crippen LogP contribution in [0.5, 0.6) is 0 Å². The molecule has 82 valence electrons. The number of rotatable bonds is 3. The molecule has 0 aliphatic rings. The summed E-state index contributed by atoms with van der Waals surface area (Å²) in [4.78, 5) is 13.0. The molecule has 3 heteroatoms. The fraction of sp³-hybridized carbons (Fsp3) is 0.417. The molecule has 0 aromatic heterocycles. The number of nitrogens with zero attached hydrogens (tertiary/aromatic N) is 1. The van der Waals surface area contributed by atoms with Gasteiger partial charge < -0.3 is 4.74 Å². The Morgan fingerprint density at radius 3 is 2.47 bits per heavy atom. The number of aryl methyl sites for hydroxylation is 1. The van der Waals surface area contributed by atoms with Crippen molar-refractivity contribution in [3.05, 3.63) is 29.8 Å². The SMILES string of the molecule is CCCOC(=O)N(C)c1ccc(C)cc1. The molecule has 0 bridgehead atoms. The Morgan fingerprint density at radius 2 is 1.93 bits per heavy atom. The number of carbonyl (C=O) groups is 1. The highest BCUT2D eigenvalue weighted by Gasteiger charge is 2.10. The predicted octanol–water partition coefficient (Wildman–Crippen LogP) is 2.98. The van der Waals surface area contributed by atoms with E-state index in [0.717, 1.165) is 12.1 Å². The molecular formula is C12H17NO2. The van der Waals surface area contributed by atoms with Crippen LogP contribution in [0.15, 0.2) is 24.3 Å². The van der Waals surface area contributed by atoms with Crippen molar-refractivity contribution < 1.29 is 9.53 Å². The molecule has 1 rings (SSSR count). The molecule has 1 aromatic rings. The maximum absolute atomic E-state index is 11.5. The summed E-state index contributed by atoms with van der Waals surface area (Å²) in [7, 11) is 1.71. The molecule has 0 atom stereocenters. The molecule has 0 unspecified atom stereocenters. The zero-order chi connectivity index (χ0) is 11.3. The number of ether oxygens (including phenoxy) is 1. The topological polar surface area (TPSA) is 29.5 Å². The summed E-state index contributed by atoms with van der Waals surface area (Å²) in [5.41, 5.74) is 2.02. The smallest absolute Gasteiger partial charge is 0.414 e. The second kappa shape index (κ2) is 5.39. The lowest BCUT2D eigenvalue weighted by Gasteiger charge is -2.16. The lowest BCUT2D eigenvalue weighted by molar-refractivity contribution is 0.155. The lowest BCUT2D eigenvalue weighted by Crippen LogP contribution is -2.27. The van der Waals surface area contributed by atoms with E-state index in [1.807, 2.05) is 38.1 Å². The van der Waals surface area contributed by atoms with Crippen molar-refractivity contribution in [1.82, 2.24) is 0 Å². The van der Waals surface area contributed by atoms with Crippen LogP contribution in [0.25, 0.3) is 0 Å². The third kappa shape index (κ3) is 3.27. The summed E-state index contributed by atoms with van der Waals surface area (Å²) in [6.45, 7) is 4.45. The summed E-state index contributed by atoms with van der Waals surface area (Å²) >= 11 is 0. The molecule has 3 nitrogen and oxygen atoms in total. The van der Waals surface area contributed by atoms with Gasteiger partial charge in [0.15, 0.2) is 0 Å². The van der Waals surface area contributed by atoms with E-state index in [1.165, 1.54) is 10.5 Å². The third-order valence-corrected chi connectivity index (χ3v) is 2.12. The van der Waals surface area contributed by atoms with Gasteiger partial charge in [-0.25, -0.2) is 4.79 Å². The fourth-order valence-electron chi connectivity index (χ4n) is 1.16. The Morgan fingerprint density at radius 1 is 1.33 bits per heavy atom. The molecule has 0 N–H and O–H groups in total. The van der Waals surface area contributed by atoms with Gasteiger partial charge in [-0.15, -0.1) is 0 Å². The van der Waals surface area contributed by atoms with Crippen LogP contribution < -0.4 is 4.90 Å². The van der Waals surface area contributed by atoms with Crippen LogP contribution in [0.3, 0.4) is 0 Å². The number of carbonyl (C=O) groups excluding carboxylic acids is 1. The van der Waals surface area contributed by atoms with E-state index in [2.05, 4.69) is 0 Å². The van der Waals surface area contributed by atoms with Crippen LogP contribution in [0.1, 0.15) is 18.9 Å². The third-order valence-electron chi connectivity index (χ3n) is 2.12. The molecule has 15 heavy (non-hydrogen) atoms. The first kappa shape index (κ1) is 11.6. The van der Waals surface area contributed by atoms with E-state index in [-0.39, 0.29) is 6.09 Å². The van der Waals surface area contributed by atoms with Crippen molar-refractivity contribution in [2.45, 2.75) is 20.3 Å². The van der Waals surface area contributed by atoms with Gasteiger partial charge in [0.1, 0.15) is 0 Å². The summed E-state index contributed by atoms with van der Waals surface area (Å²) in [6.07, 6.45) is 0.536. The van der Waals surface area contributed by atoms with E-state index < -0.39 is 0 Å². The van der Waals surface area contributed by atoms with Crippen LogP contribution in [0, 0.1) is 6.92 Å². The largest absolute Gasteiger partial charge is 0.449 e. The maximum Gasteiger partial charge on any atom is 0.414 e. The molecule has 0 heterocycles. The highest BCUT2D eigenvalue weighted by atomic mass is 16.6. The number of amides is 1. The van der Waals surface area contributed by atoms with Crippen molar-refractivity contribution in [2.24, 2.45) is 0 Å². The van der Waals surface area contributed by atoms with Gasteiger partial charge >= 0.3 is 6.09 Å². The number of benzene rings is 1. The van der Waals surface area contributed by atoms with Gasteiger partial charge in [-0.05, 0) is 25.5 Å². The van der Waals surface area contributed by atoms with Crippen LogP contribution in [-0.4, -0.2) is 19.7 Å². The van der Waals surface area contributed by atoms with Crippen molar-refractivity contribution in [1.29, 1.82) is 0 Å². The van der Waals surface area contributed by atoms with Gasteiger partial charge in [0, 0.05) is 12.7 Å². The predicted molar refractivity (Wildman–Crippen MR) is 61.2 cm³/mol. The molecule has 0 saturated heterocycles. The first-order valence-corrected chi connectivity index (χ1v) is 5.12. The molecule has 1 aromatic carbocycles. The molecule has 0 aliphatic carbocycles. The van der Waals surface area contributed by atoms with Crippen molar-refractivity contribution in [2.75, 3.05) is 18.6 Å². The van der Waals surface area contributed by atoms with E-state index in [0.29, 0.717) is 6.61 Å². The minimum Gasteiger partial charge on any atom is -0.449 e. The maximum atomic E-state index is 11.5. The number of hydrogen-bond donors (Lipinski definition) is 0. The molecule has 0 fully saturated rings. The zero-order valence-corrected chi connectivity index (χ0v) is 9.49. The van der Waals surface area contributed by atoms with Crippen molar-refractivity contribution >= 4 is 11.8 Å². The quantitative estimate of drug-likeness (QED) is 0.762. The van der Waals surface area contributed by atoms with Gasteiger partial charge in [-0.1, -0.05) is 24.6 Å². The first-order valence-electron chi connectivity index (χ1n) is 5.12. The number of anilines is 1. The Bertz CT molecular complexity index is 319. The molecule has 1 amide bonds. The van der Waals surface area contributed by atoms with Crippen LogP contribution in [0.4, 0.5) is 10.5 Å². The van der Waals surface area contributed by atoms with Gasteiger partial charge in [0.05, 0.1) is 6.61 Å². The number of hydrogen-bond acceptors (Lipinski definition) is 2. The Labute approximate surface area is 90.7 Å². The van der Waals surface area contributed by atoms with Gasteiger partial charge in [-0.2, -0.15) is 0 Å². The average molecular weight is 207 g/mol. The van der Waals surface area contributed by atoms with E-state index in [1.54, 1.807) is 7.05 Å². The second-order valence-electron chi connectivity index (χ2n) is 3.51. The van der Waals surface area contributed by atoms with Gasteiger partial charge in [-0.3, -0.25) is 4.90 Å². The normalized spacial score (nSPS) is 9.80. The Hall–Kier alpha value is -1.51. The molecular weight excluding hydrogens is 190 g/mol. The highest BCUT2D eigenvalue weighted by molar-refractivity contribution is 5.86. The monoisotopic (exact) mass is 207 g/mol. The summed E-state index contributed by atoms with van der Waals surface area (Å²) in [5.74, 6) is 0. The molecule has 0 spiro atoms. The lowest BCUT2D eigenvalue weighted by atomic mass is 10.2. The summed E-state index contributed by atoms with van der Waals surface area (Å²) in [5, 5.41) is 0.